The van der Waals surface area contributed by atoms with Gasteiger partial charge in [0, 0.05) is 18.0 Å². The topological polar surface area (TPSA) is 123 Å². The van der Waals surface area contributed by atoms with Crippen molar-refractivity contribution < 1.29 is 10.0 Å². The van der Waals surface area contributed by atoms with E-state index < -0.39 is 16.4 Å². The van der Waals surface area contributed by atoms with Crippen LogP contribution in [0.15, 0.2) is 30.0 Å². The van der Waals surface area contributed by atoms with Crippen LogP contribution in [-0.2, 0) is 0 Å². The summed E-state index contributed by atoms with van der Waals surface area (Å²) in [4.78, 5) is 9.79. The summed E-state index contributed by atoms with van der Waals surface area (Å²) in [6.45, 7) is 0. The van der Waals surface area contributed by atoms with Gasteiger partial charge in [-0.25, -0.2) is 0 Å². The number of aromatic hydroxyl groups is 1. The van der Waals surface area contributed by atoms with E-state index in [-0.39, 0.29) is 11.3 Å². The Hall–Kier alpha value is -3.06. The monoisotopic (exact) mass is 230 g/mol. The van der Waals surface area contributed by atoms with Crippen molar-refractivity contribution in [2.45, 2.75) is 0 Å². The predicted molar refractivity (Wildman–Crippen MR) is 57.7 cm³/mol. The summed E-state index contributed by atoms with van der Waals surface area (Å²) < 4.78 is 0. The first-order valence-corrected chi connectivity index (χ1v) is 4.32. The number of phenols is 1. The number of nitro groups is 1. The minimum Gasteiger partial charge on any atom is -0.502 e. The van der Waals surface area contributed by atoms with Gasteiger partial charge >= 0.3 is 5.69 Å². The number of nitro benzene ring substituents is 1. The molecule has 0 aromatic heterocycles. The highest BCUT2D eigenvalue weighted by Gasteiger charge is 2.12. The van der Waals surface area contributed by atoms with Crippen molar-refractivity contribution in [3.8, 4) is 17.9 Å². The third-order valence-electron chi connectivity index (χ3n) is 1.80. The second kappa shape index (κ2) is 5.14. The van der Waals surface area contributed by atoms with E-state index in [0.717, 1.165) is 18.3 Å². The van der Waals surface area contributed by atoms with Crippen molar-refractivity contribution in [3.63, 3.8) is 0 Å². The van der Waals surface area contributed by atoms with Crippen LogP contribution in [0.4, 0.5) is 11.4 Å². The molecule has 0 saturated carbocycles. The van der Waals surface area contributed by atoms with Crippen molar-refractivity contribution in [3.05, 3.63) is 40.1 Å². The maximum atomic E-state index is 10.5. The van der Waals surface area contributed by atoms with Gasteiger partial charge in [0.15, 0.2) is 5.75 Å². The van der Waals surface area contributed by atoms with Crippen LogP contribution in [0.1, 0.15) is 0 Å². The SMILES string of the molecule is N#CC(C#N)=CNc1ccc(O)c([N+](=O)[O-])c1. The first kappa shape index (κ1) is 12.0. The lowest BCUT2D eigenvalue weighted by Gasteiger charge is -2.01. The predicted octanol–water partition coefficient (Wildman–Crippen LogP) is 1.64. The Morgan fingerprint density at radius 1 is 1.47 bits per heavy atom. The highest BCUT2D eigenvalue weighted by Crippen LogP contribution is 2.28. The van der Waals surface area contributed by atoms with Crippen LogP contribution >= 0.6 is 0 Å². The van der Waals surface area contributed by atoms with Gasteiger partial charge in [0.05, 0.1) is 4.92 Å². The van der Waals surface area contributed by atoms with E-state index in [1.54, 1.807) is 12.1 Å². The zero-order valence-corrected chi connectivity index (χ0v) is 8.41. The highest BCUT2D eigenvalue weighted by molar-refractivity contribution is 5.59. The normalized spacial score (nSPS) is 8.59. The minimum absolute atomic E-state index is 0.166. The molecule has 0 fully saturated rings. The van der Waals surface area contributed by atoms with E-state index >= 15 is 0 Å². The molecule has 0 saturated heterocycles. The largest absolute Gasteiger partial charge is 0.502 e. The van der Waals surface area contributed by atoms with E-state index in [1.807, 2.05) is 0 Å². The molecule has 0 aliphatic heterocycles. The lowest BCUT2D eigenvalue weighted by atomic mass is 10.2. The molecule has 1 aromatic carbocycles. The number of nitriles is 2. The molecule has 17 heavy (non-hydrogen) atoms. The van der Waals surface area contributed by atoms with E-state index in [2.05, 4.69) is 5.32 Å². The Bertz CT molecular complexity index is 550. The molecular formula is C10H6N4O3. The molecule has 7 heteroatoms. The van der Waals surface area contributed by atoms with Crippen LogP contribution in [0.5, 0.6) is 5.75 Å². The van der Waals surface area contributed by atoms with Crippen molar-refractivity contribution in [1.29, 1.82) is 10.5 Å². The maximum absolute atomic E-state index is 10.5. The highest BCUT2D eigenvalue weighted by atomic mass is 16.6. The zero-order chi connectivity index (χ0) is 12.8. The average Bonchev–Trinajstić information content (AvgIpc) is 2.32. The molecule has 0 spiro atoms. The summed E-state index contributed by atoms with van der Waals surface area (Å²) in [7, 11) is 0. The molecule has 1 rings (SSSR count). The standard InChI is InChI=1S/C10H6N4O3/c11-4-7(5-12)6-13-8-1-2-10(15)9(3-8)14(16)17/h1-3,6,13,15H. The van der Waals surface area contributed by atoms with Crippen molar-refractivity contribution >= 4 is 11.4 Å². The van der Waals surface area contributed by atoms with Gasteiger partial charge < -0.3 is 10.4 Å². The van der Waals surface area contributed by atoms with Gasteiger partial charge in [-0.15, -0.1) is 0 Å². The van der Waals surface area contributed by atoms with Gasteiger partial charge in [-0.05, 0) is 12.1 Å². The smallest absolute Gasteiger partial charge is 0.312 e. The lowest BCUT2D eigenvalue weighted by Crippen LogP contribution is -1.93. The van der Waals surface area contributed by atoms with Gasteiger partial charge in [-0.1, -0.05) is 0 Å². The van der Waals surface area contributed by atoms with Gasteiger partial charge in [-0.2, -0.15) is 10.5 Å². The number of hydrogen-bond donors (Lipinski definition) is 2. The van der Waals surface area contributed by atoms with Crippen LogP contribution in [0.2, 0.25) is 0 Å². The molecule has 1 aromatic rings. The van der Waals surface area contributed by atoms with Crippen LogP contribution in [0.25, 0.3) is 0 Å². The zero-order valence-electron chi connectivity index (χ0n) is 8.41. The van der Waals surface area contributed by atoms with Gasteiger partial charge in [-0.3, -0.25) is 10.1 Å². The molecule has 2 N–H and O–H groups in total. The second-order valence-corrected chi connectivity index (χ2v) is 2.89. The van der Waals surface area contributed by atoms with Gasteiger partial charge in [0.25, 0.3) is 0 Å². The first-order chi connectivity index (χ1) is 8.08. The molecule has 0 bridgehead atoms. The Morgan fingerprint density at radius 3 is 2.65 bits per heavy atom. The van der Waals surface area contributed by atoms with Gasteiger partial charge in [0.1, 0.15) is 17.7 Å². The fourth-order valence-corrected chi connectivity index (χ4v) is 1.00. The number of phenolic OH excluding ortho intramolecular Hbond substituents is 1. The molecule has 0 amide bonds. The summed E-state index contributed by atoms with van der Waals surface area (Å²) in [6.07, 6.45) is 1.12. The van der Waals surface area contributed by atoms with Crippen LogP contribution in [-0.4, -0.2) is 10.0 Å². The van der Waals surface area contributed by atoms with Crippen molar-refractivity contribution in [2.24, 2.45) is 0 Å². The Balaban J connectivity index is 3.00. The second-order valence-electron chi connectivity index (χ2n) is 2.89. The number of nitrogens with zero attached hydrogens (tertiary/aromatic N) is 3. The molecule has 84 valence electrons. The minimum atomic E-state index is -0.736. The van der Waals surface area contributed by atoms with E-state index in [9.17, 15) is 15.2 Å². The fraction of sp³-hybridized carbons (Fsp3) is 0. The van der Waals surface area contributed by atoms with E-state index in [4.69, 9.17) is 10.5 Å². The van der Waals surface area contributed by atoms with Crippen LogP contribution in [0.3, 0.4) is 0 Å². The third-order valence-corrected chi connectivity index (χ3v) is 1.80. The summed E-state index contributed by atoms with van der Waals surface area (Å²) in [5.41, 5.74) is -0.336. The number of benzene rings is 1. The number of anilines is 1. The Kier molecular flexibility index (Phi) is 3.63. The molecule has 0 radical (unpaired) electrons. The van der Waals surface area contributed by atoms with Crippen LogP contribution < -0.4 is 5.32 Å². The number of allylic oxidation sites excluding steroid dienone is 1. The van der Waals surface area contributed by atoms with Crippen molar-refractivity contribution in [1.82, 2.24) is 0 Å². The molecule has 0 aliphatic rings. The third kappa shape index (κ3) is 2.94. The molecule has 0 heterocycles. The summed E-state index contributed by atoms with van der Waals surface area (Å²) in [6, 6.07) is 6.87. The molecule has 0 atom stereocenters. The quantitative estimate of drug-likeness (QED) is 0.352. The number of rotatable bonds is 3. The molecular weight excluding hydrogens is 224 g/mol. The summed E-state index contributed by atoms with van der Waals surface area (Å²) >= 11 is 0. The fourth-order valence-electron chi connectivity index (χ4n) is 1.00. The van der Waals surface area contributed by atoms with Crippen LogP contribution in [0, 0.1) is 32.8 Å². The Morgan fingerprint density at radius 2 is 2.12 bits per heavy atom. The average molecular weight is 230 g/mol. The van der Waals surface area contributed by atoms with Gasteiger partial charge in [0.2, 0.25) is 0 Å². The number of nitrogens with one attached hydrogen (secondary N) is 1. The Labute approximate surface area is 96.0 Å². The summed E-state index contributed by atoms with van der Waals surface area (Å²) in [5.74, 6) is -0.453. The molecule has 0 aliphatic carbocycles. The maximum Gasteiger partial charge on any atom is 0.312 e. The van der Waals surface area contributed by atoms with Crippen molar-refractivity contribution in [2.75, 3.05) is 5.32 Å². The van der Waals surface area contributed by atoms with E-state index in [0.29, 0.717) is 0 Å². The van der Waals surface area contributed by atoms with E-state index in [1.165, 1.54) is 6.07 Å². The lowest BCUT2D eigenvalue weighted by molar-refractivity contribution is -0.385. The first-order valence-electron chi connectivity index (χ1n) is 4.32. The summed E-state index contributed by atoms with van der Waals surface area (Å²) in [5, 5.41) is 39.2. The molecule has 7 nitrogen and oxygen atoms in total. The molecule has 0 unspecified atom stereocenters. The number of hydrogen-bond acceptors (Lipinski definition) is 6.